The maximum Gasteiger partial charge on any atom is 0.410 e. The lowest BCUT2D eigenvalue weighted by Crippen LogP contribution is -2.57. The van der Waals surface area contributed by atoms with E-state index < -0.39 is 11.4 Å². The normalized spacial score (nSPS) is 23.0. The number of aryl methyl sites for hydroxylation is 1. The number of benzene rings is 1. The molecule has 2 bridgehead atoms. The van der Waals surface area contributed by atoms with Gasteiger partial charge in [0.05, 0.1) is 23.0 Å². The molecule has 0 aliphatic carbocycles. The second kappa shape index (κ2) is 10.8. The number of pyridine rings is 1. The first-order valence-corrected chi connectivity index (χ1v) is 16.1. The molecule has 44 heavy (non-hydrogen) atoms. The van der Waals surface area contributed by atoms with Crippen LogP contribution in [-0.2, 0) is 4.74 Å². The van der Waals surface area contributed by atoms with E-state index >= 15 is 4.39 Å². The van der Waals surface area contributed by atoms with Gasteiger partial charge in [-0.1, -0.05) is 18.2 Å². The molecule has 4 aliphatic rings. The topological polar surface area (TPSA) is 83.9 Å². The van der Waals surface area contributed by atoms with Gasteiger partial charge in [0.1, 0.15) is 29.2 Å². The molecule has 4 fully saturated rings. The van der Waals surface area contributed by atoms with Gasteiger partial charge >= 0.3 is 12.1 Å². The molecule has 0 spiro atoms. The summed E-state index contributed by atoms with van der Waals surface area (Å²) >= 11 is 0. The van der Waals surface area contributed by atoms with Gasteiger partial charge < -0.3 is 14.4 Å². The van der Waals surface area contributed by atoms with Gasteiger partial charge in [0.15, 0.2) is 5.82 Å². The average Bonchev–Trinajstić information content (AvgIpc) is 3.63. The largest absolute Gasteiger partial charge is 0.461 e. The summed E-state index contributed by atoms with van der Waals surface area (Å²) in [6.07, 6.45) is 7.71. The predicted octanol–water partition coefficient (Wildman–Crippen LogP) is 6.04. The number of carbonyl (C=O) groups is 1. The monoisotopic (exact) mass is 602 g/mol. The molecule has 4 saturated heterocycles. The van der Waals surface area contributed by atoms with Crippen molar-refractivity contribution in [3.8, 4) is 17.3 Å². The number of halogens is 1. The van der Waals surface area contributed by atoms with E-state index in [4.69, 9.17) is 19.4 Å². The van der Waals surface area contributed by atoms with Gasteiger partial charge in [0.25, 0.3) is 0 Å². The SMILES string of the molecule is Cc1cccc(-c2ncc3c(N4CC5CCC(C4)N5C(=O)OC(C)(C)C)nc(OCC45CCCN4CCC5)nc3c2F)c1C. The van der Waals surface area contributed by atoms with Gasteiger partial charge in [-0.3, -0.25) is 14.8 Å². The first kappa shape index (κ1) is 29.2. The smallest absolute Gasteiger partial charge is 0.410 e. The zero-order valence-electron chi connectivity index (χ0n) is 26.5. The third-order valence-corrected chi connectivity index (χ3v) is 10.2. The molecule has 6 heterocycles. The fourth-order valence-electron chi connectivity index (χ4n) is 7.87. The van der Waals surface area contributed by atoms with Crippen molar-refractivity contribution in [3.05, 3.63) is 41.3 Å². The Labute approximate surface area is 258 Å². The number of rotatable bonds is 5. The summed E-state index contributed by atoms with van der Waals surface area (Å²) in [4.78, 5) is 34.0. The number of nitrogens with zero attached hydrogens (tertiary/aromatic N) is 6. The van der Waals surface area contributed by atoms with E-state index in [0.717, 1.165) is 68.3 Å². The molecule has 0 saturated carbocycles. The van der Waals surface area contributed by atoms with Crippen LogP contribution in [0.4, 0.5) is 15.0 Å². The Morgan fingerprint density at radius 3 is 2.45 bits per heavy atom. The Morgan fingerprint density at radius 1 is 1.07 bits per heavy atom. The molecule has 1 aromatic carbocycles. The van der Waals surface area contributed by atoms with Crippen molar-refractivity contribution >= 4 is 22.8 Å². The Bertz CT molecular complexity index is 1580. The molecule has 2 atom stereocenters. The number of hydrogen-bond donors (Lipinski definition) is 0. The molecule has 0 N–H and O–H groups in total. The first-order valence-electron chi connectivity index (χ1n) is 16.1. The number of hydrogen-bond acceptors (Lipinski definition) is 8. The second-order valence-corrected chi connectivity index (χ2v) is 14.1. The molecule has 10 heteroatoms. The van der Waals surface area contributed by atoms with Gasteiger partial charge in [-0.05, 0) is 97.4 Å². The second-order valence-electron chi connectivity index (χ2n) is 14.1. The van der Waals surface area contributed by atoms with Crippen molar-refractivity contribution in [1.82, 2.24) is 24.8 Å². The van der Waals surface area contributed by atoms with E-state index in [1.165, 1.54) is 0 Å². The maximum absolute atomic E-state index is 16.5. The molecule has 3 aromatic rings. The van der Waals surface area contributed by atoms with Gasteiger partial charge in [0, 0.05) is 24.8 Å². The summed E-state index contributed by atoms with van der Waals surface area (Å²) in [6, 6.07) is 6.00. The minimum absolute atomic E-state index is 0.0112. The highest BCUT2D eigenvalue weighted by Gasteiger charge is 2.46. The van der Waals surface area contributed by atoms with Crippen molar-refractivity contribution in [3.63, 3.8) is 0 Å². The van der Waals surface area contributed by atoms with Crippen molar-refractivity contribution in [1.29, 1.82) is 0 Å². The Balaban J connectivity index is 1.27. The summed E-state index contributed by atoms with van der Waals surface area (Å²) in [6.45, 7) is 13.5. The summed E-state index contributed by atoms with van der Waals surface area (Å²) in [5, 5.41) is 0.551. The molecule has 4 aliphatic heterocycles. The third-order valence-electron chi connectivity index (χ3n) is 10.2. The van der Waals surface area contributed by atoms with Crippen LogP contribution in [0.25, 0.3) is 22.2 Å². The van der Waals surface area contributed by atoms with Crippen LogP contribution in [-0.4, -0.2) is 86.9 Å². The van der Waals surface area contributed by atoms with Crippen LogP contribution in [0.1, 0.15) is 70.4 Å². The Morgan fingerprint density at radius 2 is 1.77 bits per heavy atom. The Hall–Kier alpha value is -3.53. The molecular weight excluding hydrogens is 559 g/mol. The number of piperazine rings is 1. The quantitative estimate of drug-likeness (QED) is 0.350. The molecule has 2 aromatic heterocycles. The number of anilines is 1. The van der Waals surface area contributed by atoms with Crippen molar-refractivity contribution in [2.45, 2.75) is 96.4 Å². The minimum atomic E-state index is -0.562. The van der Waals surface area contributed by atoms with Gasteiger partial charge in [-0.2, -0.15) is 9.97 Å². The van der Waals surface area contributed by atoms with E-state index in [1.54, 1.807) is 6.20 Å². The summed E-state index contributed by atoms with van der Waals surface area (Å²) in [7, 11) is 0. The lowest BCUT2D eigenvalue weighted by atomic mass is 9.95. The number of amides is 1. The highest BCUT2D eigenvalue weighted by molar-refractivity contribution is 5.92. The van der Waals surface area contributed by atoms with Crippen LogP contribution in [0.3, 0.4) is 0 Å². The molecule has 0 radical (unpaired) electrons. The van der Waals surface area contributed by atoms with Gasteiger partial charge in [0.2, 0.25) is 0 Å². The number of carbonyl (C=O) groups excluding carboxylic acids is 1. The van der Waals surface area contributed by atoms with E-state index in [-0.39, 0.29) is 40.9 Å². The fraction of sp³-hybridized carbons (Fsp3) is 0.588. The molecule has 234 valence electrons. The van der Waals surface area contributed by atoms with Gasteiger partial charge in [-0.15, -0.1) is 0 Å². The first-order chi connectivity index (χ1) is 21.0. The minimum Gasteiger partial charge on any atom is -0.461 e. The van der Waals surface area contributed by atoms with Crippen LogP contribution < -0.4 is 9.64 Å². The highest BCUT2D eigenvalue weighted by atomic mass is 19.1. The van der Waals surface area contributed by atoms with E-state index in [9.17, 15) is 4.79 Å². The van der Waals surface area contributed by atoms with Crippen LogP contribution in [0.2, 0.25) is 0 Å². The van der Waals surface area contributed by atoms with Crippen LogP contribution in [0.5, 0.6) is 6.01 Å². The summed E-state index contributed by atoms with van der Waals surface area (Å²) in [5.41, 5.74) is 2.75. The standard InChI is InChI=1S/C34H43FN6O3/c1-21-9-6-10-25(22(21)2)28-27(35)29-26(17-36-28)30(38-31(37-29)43-20-34-13-7-15-40(34)16-8-14-34)39-18-23-11-12-24(19-39)41(23)32(42)44-33(3,4)5/h6,9-10,17,23-24H,7-8,11-16,18-20H2,1-5H3. The molecule has 2 unspecified atom stereocenters. The number of ether oxygens (including phenoxy) is 2. The lowest BCUT2D eigenvalue weighted by molar-refractivity contribution is 0.0122. The fourth-order valence-corrected chi connectivity index (χ4v) is 7.87. The van der Waals surface area contributed by atoms with Crippen molar-refractivity contribution in [2.75, 3.05) is 37.7 Å². The average molecular weight is 603 g/mol. The zero-order chi connectivity index (χ0) is 30.8. The molecule has 7 rings (SSSR count). The maximum atomic E-state index is 16.5. The highest BCUT2D eigenvalue weighted by Crippen LogP contribution is 2.41. The van der Waals surface area contributed by atoms with Crippen molar-refractivity contribution < 1.29 is 18.7 Å². The third kappa shape index (κ3) is 5.04. The molecular formula is C34H43FN6O3. The number of aromatic nitrogens is 3. The summed E-state index contributed by atoms with van der Waals surface area (Å²) in [5.74, 6) is 0.137. The number of fused-ring (bicyclic) bond motifs is 4. The van der Waals surface area contributed by atoms with Crippen LogP contribution in [0.15, 0.2) is 24.4 Å². The predicted molar refractivity (Wildman–Crippen MR) is 168 cm³/mol. The Kier molecular flexibility index (Phi) is 7.18. The summed E-state index contributed by atoms with van der Waals surface area (Å²) < 4.78 is 28.7. The van der Waals surface area contributed by atoms with Crippen LogP contribution in [0, 0.1) is 19.7 Å². The van der Waals surface area contributed by atoms with Crippen LogP contribution >= 0.6 is 0 Å². The molecule has 1 amide bonds. The molecule has 9 nitrogen and oxygen atoms in total. The van der Waals surface area contributed by atoms with E-state index in [0.29, 0.717) is 30.9 Å². The lowest BCUT2D eigenvalue weighted by Gasteiger charge is -2.42. The van der Waals surface area contributed by atoms with Crippen molar-refractivity contribution in [2.24, 2.45) is 0 Å². The van der Waals surface area contributed by atoms with E-state index in [2.05, 4.69) is 14.8 Å². The van der Waals surface area contributed by atoms with E-state index in [1.807, 2.05) is 57.7 Å². The zero-order valence-corrected chi connectivity index (χ0v) is 26.5. The van der Waals surface area contributed by atoms with Gasteiger partial charge in [-0.25, -0.2) is 9.18 Å².